The van der Waals surface area contributed by atoms with Gasteiger partial charge in [-0.15, -0.1) is 0 Å². The topological polar surface area (TPSA) is 84.4 Å². The number of aromatic nitrogens is 2. The Morgan fingerprint density at radius 1 is 1.08 bits per heavy atom. The molecule has 1 N–H and O–H groups in total. The van der Waals surface area contributed by atoms with Gasteiger partial charge in [0.2, 0.25) is 16.0 Å². The number of anilines is 1. The van der Waals surface area contributed by atoms with Crippen LogP contribution in [0.3, 0.4) is 0 Å². The Morgan fingerprint density at radius 2 is 1.85 bits per heavy atom. The maximum atomic E-state index is 12.1. The van der Waals surface area contributed by atoms with Crippen LogP contribution in [0.25, 0.3) is 0 Å². The van der Waals surface area contributed by atoms with Crippen molar-refractivity contribution in [3.05, 3.63) is 48.3 Å². The van der Waals surface area contributed by atoms with Gasteiger partial charge in [-0.05, 0) is 37.5 Å². The molecular formula is C18H24N4O3S. The van der Waals surface area contributed by atoms with Crippen molar-refractivity contribution in [2.24, 2.45) is 0 Å². The second kappa shape index (κ2) is 8.95. The van der Waals surface area contributed by atoms with Gasteiger partial charge < -0.3 is 9.64 Å². The molecule has 1 aromatic heterocycles. The third kappa shape index (κ3) is 5.67. The highest BCUT2D eigenvalue weighted by molar-refractivity contribution is 7.89. The summed E-state index contributed by atoms with van der Waals surface area (Å²) in [6.07, 6.45) is 5.20. The number of nitrogens with one attached hydrogen (secondary N) is 1. The van der Waals surface area contributed by atoms with Gasteiger partial charge in [0.15, 0.2) is 0 Å². The van der Waals surface area contributed by atoms with E-state index in [1.54, 1.807) is 24.4 Å². The molecular weight excluding hydrogens is 352 g/mol. The Balaban J connectivity index is 1.49. The minimum Gasteiger partial charge on any atom is -0.492 e. The predicted octanol–water partition coefficient (Wildman–Crippen LogP) is 1.97. The molecule has 1 aliphatic rings. The number of piperidine rings is 1. The molecule has 0 unspecified atom stereocenters. The van der Waals surface area contributed by atoms with Gasteiger partial charge in [-0.25, -0.2) is 23.1 Å². The number of hydrogen-bond donors (Lipinski definition) is 1. The maximum absolute atomic E-state index is 12.1. The summed E-state index contributed by atoms with van der Waals surface area (Å²) >= 11 is 0. The Morgan fingerprint density at radius 3 is 2.62 bits per heavy atom. The van der Waals surface area contributed by atoms with Crippen molar-refractivity contribution in [3.63, 3.8) is 0 Å². The molecule has 1 fully saturated rings. The minimum atomic E-state index is -3.44. The fourth-order valence-corrected chi connectivity index (χ4v) is 3.59. The van der Waals surface area contributed by atoms with Crippen LogP contribution >= 0.6 is 0 Å². The van der Waals surface area contributed by atoms with Crippen molar-refractivity contribution in [3.8, 4) is 5.75 Å². The summed E-state index contributed by atoms with van der Waals surface area (Å²) in [7, 11) is -3.44. The molecule has 140 valence electrons. The quantitative estimate of drug-likeness (QED) is 0.758. The molecule has 0 spiro atoms. The zero-order chi connectivity index (χ0) is 18.2. The monoisotopic (exact) mass is 376 g/mol. The first-order valence-corrected chi connectivity index (χ1v) is 10.5. The van der Waals surface area contributed by atoms with Gasteiger partial charge in [0.05, 0.1) is 18.0 Å². The highest BCUT2D eigenvalue weighted by Gasteiger charge is 2.15. The van der Waals surface area contributed by atoms with Gasteiger partial charge in [0, 0.05) is 19.3 Å². The molecule has 0 amide bonds. The highest BCUT2D eigenvalue weighted by Crippen LogP contribution is 2.15. The Kier molecular flexibility index (Phi) is 6.40. The Bertz CT molecular complexity index is 793. The molecule has 7 nitrogen and oxygen atoms in total. The van der Waals surface area contributed by atoms with Gasteiger partial charge in [0.25, 0.3) is 0 Å². The minimum absolute atomic E-state index is 0.0994. The average molecular weight is 376 g/mol. The van der Waals surface area contributed by atoms with E-state index in [9.17, 15) is 8.42 Å². The SMILES string of the molecule is O=S(=O)(CCOc1ccccc1)NCc1ccnc(N2CCCCC2)n1. The maximum Gasteiger partial charge on any atom is 0.225 e. The largest absolute Gasteiger partial charge is 0.492 e. The summed E-state index contributed by atoms with van der Waals surface area (Å²) in [6, 6.07) is 10.9. The molecule has 2 aromatic rings. The van der Waals surface area contributed by atoms with Crippen LogP contribution in [0.5, 0.6) is 5.75 Å². The molecule has 0 aliphatic carbocycles. The number of nitrogens with zero attached hydrogens (tertiary/aromatic N) is 3. The van der Waals surface area contributed by atoms with E-state index in [1.165, 1.54) is 6.42 Å². The standard InChI is InChI=1S/C18H24N4O3S/c23-26(24,14-13-25-17-7-3-1-4-8-17)20-15-16-9-10-19-18(21-16)22-11-5-2-6-12-22/h1,3-4,7-10,20H,2,5-6,11-15H2. The van der Waals surface area contributed by atoms with Crippen LogP contribution in [0, 0.1) is 0 Å². The number of rotatable bonds is 8. The lowest BCUT2D eigenvalue weighted by atomic mass is 10.1. The second-order valence-electron chi connectivity index (χ2n) is 6.20. The zero-order valence-electron chi connectivity index (χ0n) is 14.7. The average Bonchev–Trinajstić information content (AvgIpc) is 2.68. The number of hydrogen-bond acceptors (Lipinski definition) is 6. The van der Waals surface area contributed by atoms with E-state index in [0.29, 0.717) is 17.4 Å². The van der Waals surface area contributed by atoms with E-state index in [0.717, 1.165) is 25.9 Å². The van der Waals surface area contributed by atoms with Crippen LogP contribution in [-0.4, -0.2) is 43.8 Å². The van der Waals surface area contributed by atoms with E-state index >= 15 is 0 Å². The number of sulfonamides is 1. The van der Waals surface area contributed by atoms with Gasteiger partial charge in [0.1, 0.15) is 12.4 Å². The molecule has 0 bridgehead atoms. The molecule has 1 aliphatic heterocycles. The fourth-order valence-electron chi connectivity index (χ4n) is 2.77. The summed E-state index contributed by atoms with van der Waals surface area (Å²) in [6.45, 7) is 2.15. The number of para-hydroxylation sites is 1. The van der Waals surface area contributed by atoms with Crippen LogP contribution in [0.1, 0.15) is 25.0 Å². The van der Waals surface area contributed by atoms with E-state index in [1.807, 2.05) is 18.2 Å². The van der Waals surface area contributed by atoms with Crippen LogP contribution in [0.4, 0.5) is 5.95 Å². The fraction of sp³-hybridized carbons (Fsp3) is 0.444. The summed E-state index contributed by atoms with van der Waals surface area (Å²) in [4.78, 5) is 10.9. The molecule has 26 heavy (non-hydrogen) atoms. The van der Waals surface area contributed by atoms with Crippen LogP contribution in [0.2, 0.25) is 0 Å². The first-order chi connectivity index (χ1) is 12.6. The molecule has 3 rings (SSSR count). The van der Waals surface area contributed by atoms with E-state index in [-0.39, 0.29) is 18.9 Å². The van der Waals surface area contributed by atoms with Crippen molar-refractivity contribution >= 4 is 16.0 Å². The first kappa shape index (κ1) is 18.6. The lowest BCUT2D eigenvalue weighted by Crippen LogP contribution is -2.32. The molecule has 1 saturated heterocycles. The van der Waals surface area contributed by atoms with Crippen LogP contribution in [0.15, 0.2) is 42.6 Å². The molecule has 8 heteroatoms. The van der Waals surface area contributed by atoms with E-state index in [2.05, 4.69) is 19.6 Å². The second-order valence-corrected chi connectivity index (χ2v) is 8.12. The van der Waals surface area contributed by atoms with Gasteiger partial charge in [-0.1, -0.05) is 18.2 Å². The predicted molar refractivity (Wildman–Crippen MR) is 101 cm³/mol. The summed E-state index contributed by atoms with van der Waals surface area (Å²) < 4.78 is 32.3. The highest BCUT2D eigenvalue weighted by atomic mass is 32.2. The van der Waals surface area contributed by atoms with Crippen molar-refractivity contribution < 1.29 is 13.2 Å². The van der Waals surface area contributed by atoms with Crippen molar-refractivity contribution in [1.82, 2.24) is 14.7 Å². The van der Waals surface area contributed by atoms with Crippen LogP contribution in [-0.2, 0) is 16.6 Å². The molecule has 1 aromatic carbocycles. The Labute approximate surface area is 154 Å². The number of benzene rings is 1. The molecule has 2 heterocycles. The molecule has 0 radical (unpaired) electrons. The number of ether oxygens (including phenoxy) is 1. The summed E-state index contributed by atoms with van der Waals surface area (Å²) in [5, 5.41) is 0. The Hall–Kier alpha value is -2.19. The van der Waals surface area contributed by atoms with Crippen molar-refractivity contribution in [2.75, 3.05) is 30.3 Å². The molecule has 0 saturated carbocycles. The van der Waals surface area contributed by atoms with E-state index in [4.69, 9.17) is 4.74 Å². The van der Waals surface area contributed by atoms with Gasteiger partial charge >= 0.3 is 0 Å². The van der Waals surface area contributed by atoms with Crippen LogP contribution < -0.4 is 14.4 Å². The van der Waals surface area contributed by atoms with E-state index < -0.39 is 10.0 Å². The first-order valence-electron chi connectivity index (χ1n) is 8.84. The summed E-state index contributed by atoms with van der Waals surface area (Å²) in [5.41, 5.74) is 0.660. The lowest BCUT2D eigenvalue weighted by Gasteiger charge is -2.26. The zero-order valence-corrected chi connectivity index (χ0v) is 15.5. The molecule has 0 atom stereocenters. The van der Waals surface area contributed by atoms with Crippen molar-refractivity contribution in [1.29, 1.82) is 0 Å². The normalized spacial score (nSPS) is 15.0. The lowest BCUT2D eigenvalue weighted by molar-refractivity contribution is 0.340. The third-order valence-electron chi connectivity index (χ3n) is 4.18. The third-order valence-corrected chi connectivity index (χ3v) is 5.46. The van der Waals surface area contributed by atoms with Gasteiger partial charge in [-0.2, -0.15) is 0 Å². The smallest absolute Gasteiger partial charge is 0.225 e. The van der Waals surface area contributed by atoms with Gasteiger partial charge in [-0.3, -0.25) is 0 Å². The summed E-state index contributed by atoms with van der Waals surface area (Å²) in [5.74, 6) is 1.23. The van der Waals surface area contributed by atoms with Crippen molar-refractivity contribution in [2.45, 2.75) is 25.8 Å².